The second kappa shape index (κ2) is 12.6. The Hall–Kier alpha value is -1.88. The minimum Gasteiger partial charge on any atom is -0.490 e. The van der Waals surface area contributed by atoms with Crippen LogP contribution in [0.4, 0.5) is 23.5 Å². The van der Waals surface area contributed by atoms with E-state index < -0.39 is 0 Å². The molecule has 3 aliphatic rings. The molecule has 0 amide bonds. The summed E-state index contributed by atoms with van der Waals surface area (Å²) in [6, 6.07) is 6.80. The van der Waals surface area contributed by atoms with E-state index in [0.29, 0.717) is 35.9 Å². The maximum Gasteiger partial charge on any atom is 0.233 e. The van der Waals surface area contributed by atoms with E-state index in [1.54, 1.807) is 0 Å². The lowest BCUT2D eigenvalue weighted by molar-refractivity contribution is 0.277. The standard InChI is InChI=1S/C27H40IN7O/c1-2-35-14-6-9-22(35)18-30-26-32-25(29-17-19-7-4-3-5-8-19)33-27(34-26)31-21-10-13-24(20(15-21)16-28)36-23-11-12-23/h10,13,15,19,22-23H,2-9,11-12,14,16-18H2,1H3,(H3,29,30,31,32,33,34). The van der Waals surface area contributed by atoms with Crippen molar-refractivity contribution in [3.63, 3.8) is 0 Å². The van der Waals surface area contributed by atoms with Crippen molar-refractivity contribution in [1.29, 1.82) is 0 Å². The molecule has 1 unspecified atom stereocenters. The van der Waals surface area contributed by atoms with Crippen LogP contribution in [0.15, 0.2) is 18.2 Å². The lowest BCUT2D eigenvalue weighted by atomic mass is 9.89. The number of anilines is 4. The van der Waals surface area contributed by atoms with Crippen LogP contribution in [0.3, 0.4) is 0 Å². The second-order valence-electron chi connectivity index (χ2n) is 10.4. The Bertz CT molecular complexity index is 996. The van der Waals surface area contributed by atoms with Gasteiger partial charge >= 0.3 is 0 Å². The van der Waals surface area contributed by atoms with Crippen LogP contribution in [0.25, 0.3) is 0 Å². The highest BCUT2D eigenvalue weighted by molar-refractivity contribution is 14.1. The largest absolute Gasteiger partial charge is 0.490 e. The van der Waals surface area contributed by atoms with E-state index in [1.807, 2.05) is 0 Å². The van der Waals surface area contributed by atoms with Gasteiger partial charge in [0.15, 0.2) is 0 Å². The molecule has 2 heterocycles. The van der Waals surface area contributed by atoms with E-state index in [0.717, 1.165) is 48.3 Å². The van der Waals surface area contributed by atoms with Gasteiger partial charge in [0.1, 0.15) is 5.75 Å². The zero-order valence-electron chi connectivity index (χ0n) is 21.4. The van der Waals surface area contributed by atoms with Crippen molar-refractivity contribution >= 4 is 46.1 Å². The lowest BCUT2D eigenvalue weighted by Gasteiger charge is -2.23. The molecule has 3 fully saturated rings. The highest BCUT2D eigenvalue weighted by Gasteiger charge is 2.25. The van der Waals surface area contributed by atoms with Crippen LogP contribution < -0.4 is 20.7 Å². The molecule has 1 aromatic heterocycles. The van der Waals surface area contributed by atoms with Crippen LogP contribution in [0, 0.1) is 5.92 Å². The number of benzene rings is 1. The van der Waals surface area contributed by atoms with Gasteiger partial charge in [-0.25, -0.2) is 0 Å². The molecule has 1 atom stereocenters. The van der Waals surface area contributed by atoms with E-state index in [1.165, 1.54) is 57.1 Å². The fourth-order valence-electron chi connectivity index (χ4n) is 5.34. The monoisotopic (exact) mass is 605 g/mol. The van der Waals surface area contributed by atoms with E-state index >= 15 is 0 Å². The first-order valence-electron chi connectivity index (χ1n) is 13.8. The van der Waals surface area contributed by atoms with Crippen molar-refractivity contribution in [1.82, 2.24) is 19.9 Å². The molecule has 5 rings (SSSR count). The third-order valence-corrected chi connectivity index (χ3v) is 8.41. The molecule has 1 aromatic carbocycles. The molecule has 2 aliphatic carbocycles. The Morgan fingerprint density at radius 2 is 1.67 bits per heavy atom. The molecule has 8 nitrogen and oxygen atoms in total. The Labute approximate surface area is 228 Å². The van der Waals surface area contributed by atoms with Crippen LogP contribution in [-0.2, 0) is 4.43 Å². The number of nitrogens with zero attached hydrogens (tertiary/aromatic N) is 4. The average Bonchev–Trinajstić information content (AvgIpc) is 3.61. The Morgan fingerprint density at radius 1 is 0.917 bits per heavy atom. The Morgan fingerprint density at radius 3 is 2.39 bits per heavy atom. The third-order valence-electron chi connectivity index (χ3n) is 7.59. The molecule has 0 bridgehead atoms. The van der Waals surface area contributed by atoms with Crippen LogP contribution in [0.5, 0.6) is 5.75 Å². The van der Waals surface area contributed by atoms with Crippen LogP contribution >= 0.6 is 22.6 Å². The summed E-state index contributed by atoms with van der Waals surface area (Å²) in [6.45, 7) is 6.28. The van der Waals surface area contributed by atoms with Crippen molar-refractivity contribution in [2.45, 2.75) is 81.3 Å². The highest BCUT2D eigenvalue weighted by atomic mass is 127. The van der Waals surface area contributed by atoms with Gasteiger partial charge < -0.3 is 20.7 Å². The first-order valence-corrected chi connectivity index (χ1v) is 15.3. The molecule has 0 radical (unpaired) electrons. The number of likely N-dealkylation sites (N-methyl/N-ethyl adjacent to an activating group) is 1. The zero-order chi connectivity index (χ0) is 24.7. The normalized spacial score (nSPS) is 20.9. The summed E-state index contributed by atoms with van der Waals surface area (Å²) in [7, 11) is 0. The number of hydrogen-bond acceptors (Lipinski definition) is 8. The fraction of sp³-hybridized carbons (Fsp3) is 0.667. The van der Waals surface area contributed by atoms with Crippen molar-refractivity contribution < 1.29 is 4.74 Å². The molecule has 2 saturated carbocycles. The van der Waals surface area contributed by atoms with Gasteiger partial charge in [-0.15, -0.1) is 0 Å². The number of halogens is 1. The molecule has 2 aromatic rings. The van der Waals surface area contributed by atoms with E-state index in [4.69, 9.17) is 19.7 Å². The third kappa shape index (κ3) is 7.12. The molecular formula is C27H40IN7O. The Balaban J connectivity index is 1.30. The number of alkyl halides is 1. The number of ether oxygens (including phenoxy) is 1. The summed E-state index contributed by atoms with van der Waals surface area (Å²) in [6.07, 6.45) is 11.8. The lowest BCUT2D eigenvalue weighted by Crippen LogP contribution is -2.35. The van der Waals surface area contributed by atoms with Gasteiger partial charge in [-0.2, -0.15) is 15.0 Å². The minimum absolute atomic E-state index is 0.393. The highest BCUT2D eigenvalue weighted by Crippen LogP contribution is 2.32. The van der Waals surface area contributed by atoms with Crippen molar-refractivity contribution in [2.24, 2.45) is 5.92 Å². The molecule has 36 heavy (non-hydrogen) atoms. The van der Waals surface area contributed by atoms with Crippen LogP contribution in [0.2, 0.25) is 0 Å². The topological polar surface area (TPSA) is 87.2 Å². The van der Waals surface area contributed by atoms with Gasteiger partial charge in [-0.3, -0.25) is 4.90 Å². The number of likely N-dealkylation sites (tertiary alicyclic amines) is 1. The van der Waals surface area contributed by atoms with Crippen molar-refractivity contribution in [3.8, 4) is 5.75 Å². The van der Waals surface area contributed by atoms with Gasteiger partial charge in [-0.1, -0.05) is 48.8 Å². The predicted octanol–water partition coefficient (Wildman–Crippen LogP) is 5.98. The number of rotatable bonds is 12. The molecular weight excluding hydrogens is 565 g/mol. The SMILES string of the molecule is CCN1CCCC1CNc1nc(NCC2CCCCC2)nc(Nc2ccc(OC3CC3)c(CI)c2)n1. The van der Waals surface area contributed by atoms with Gasteiger partial charge in [-0.05, 0) is 75.7 Å². The van der Waals surface area contributed by atoms with Crippen molar-refractivity contribution in [2.75, 3.05) is 42.1 Å². The first kappa shape index (κ1) is 25.8. The maximum atomic E-state index is 6.08. The number of hydrogen-bond donors (Lipinski definition) is 3. The van der Waals surface area contributed by atoms with Gasteiger partial charge in [0, 0.05) is 34.8 Å². The quantitative estimate of drug-likeness (QED) is 0.201. The summed E-state index contributed by atoms with van der Waals surface area (Å²) < 4.78 is 6.97. The van der Waals surface area contributed by atoms with Crippen molar-refractivity contribution in [3.05, 3.63) is 23.8 Å². The molecule has 9 heteroatoms. The maximum absolute atomic E-state index is 6.08. The van der Waals surface area contributed by atoms with Gasteiger partial charge in [0.25, 0.3) is 0 Å². The Kier molecular flexibility index (Phi) is 9.00. The van der Waals surface area contributed by atoms with E-state index in [9.17, 15) is 0 Å². The minimum atomic E-state index is 0.393. The first-order chi connectivity index (χ1) is 17.7. The van der Waals surface area contributed by atoms with Gasteiger partial charge in [0.05, 0.1) is 6.10 Å². The summed E-state index contributed by atoms with van der Waals surface area (Å²) in [4.78, 5) is 16.7. The number of nitrogens with one attached hydrogen (secondary N) is 3. The molecule has 1 aliphatic heterocycles. The average molecular weight is 606 g/mol. The molecule has 0 spiro atoms. The second-order valence-corrected chi connectivity index (χ2v) is 11.2. The summed E-state index contributed by atoms with van der Waals surface area (Å²) in [5.41, 5.74) is 2.16. The zero-order valence-corrected chi connectivity index (χ0v) is 23.6. The van der Waals surface area contributed by atoms with E-state index in [-0.39, 0.29) is 0 Å². The number of aromatic nitrogens is 3. The van der Waals surface area contributed by atoms with E-state index in [2.05, 4.69) is 68.6 Å². The summed E-state index contributed by atoms with van der Waals surface area (Å²) in [5.74, 6) is 3.52. The summed E-state index contributed by atoms with van der Waals surface area (Å²) >= 11 is 2.40. The van der Waals surface area contributed by atoms with Crippen LogP contribution in [-0.4, -0.2) is 58.2 Å². The van der Waals surface area contributed by atoms with Gasteiger partial charge in [0.2, 0.25) is 17.8 Å². The molecule has 196 valence electrons. The molecule has 3 N–H and O–H groups in total. The fourth-order valence-corrected chi connectivity index (χ4v) is 5.94. The molecule has 1 saturated heterocycles. The smallest absolute Gasteiger partial charge is 0.233 e. The summed E-state index contributed by atoms with van der Waals surface area (Å²) in [5, 5.41) is 10.5. The van der Waals surface area contributed by atoms with Crippen LogP contribution in [0.1, 0.15) is 70.3 Å². The predicted molar refractivity (Wildman–Crippen MR) is 155 cm³/mol.